The number of phenols is 1. The number of phenolic OH excluding ortho intramolecular Hbond substituents is 1. The predicted octanol–water partition coefficient (Wildman–Crippen LogP) is 3.89. The van der Waals surface area contributed by atoms with Gasteiger partial charge in [-0.05, 0) is 36.1 Å². The van der Waals surface area contributed by atoms with E-state index in [9.17, 15) is 5.11 Å². The molecule has 4 rings (SSSR count). The van der Waals surface area contributed by atoms with Gasteiger partial charge in [0.05, 0.1) is 11.0 Å². The number of nitrogens with zero attached hydrogens (tertiary/aromatic N) is 2. The molecule has 2 aromatic heterocycles. The van der Waals surface area contributed by atoms with Gasteiger partial charge in [0.25, 0.3) is 0 Å². The van der Waals surface area contributed by atoms with Crippen molar-refractivity contribution < 1.29 is 5.11 Å². The molecule has 4 aromatic rings. The van der Waals surface area contributed by atoms with Gasteiger partial charge in [-0.3, -0.25) is 4.98 Å². The molecule has 3 heteroatoms. The number of hydrogen-bond donors (Lipinski definition) is 1. The zero-order valence-corrected chi connectivity index (χ0v) is 11.4. The van der Waals surface area contributed by atoms with Crippen molar-refractivity contribution in [3.63, 3.8) is 0 Å². The van der Waals surface area contributed by atoms with E-state index in [1.165, 1.54) is 16.5 Å². The van der Waals surface area contributed by atoms with Crippen LogP contribution in [-0.2, 0) is 7.05 Å². The molecule has 0 amide bonds. The first-order valence-electron chi connectivity index (χ1n) is 6.62. The zero-order chi connectivity index (χ0) is 13.9. The Bertz CT molecular complexity index is 983. The van der Waals surface area contributed by atoms with Crippen LogP contribution in [0.2, 0.25) is 0 Å². The quantitative estimate of drug-likeness (QED) is 0.522. The number of aromatic nitrogens is 2. The molecule has 0 saturated carbocycles. The molecule has 0 unspecified atom stereocenters. The zero-order valence-electron chi connectivity index (χ0n) is 11.4. The van der Waals surface area contributed by atoms with Crippen LogP contribution in [0.3, 0.4) is 0 Å². The van der Waals surface area contributed by atoms with Gasteiger partial charge in [0.2, 0.25) is 0 Å². The van der Waals surface area contributed by atoms with Crippen LogP contribution in [0.25, 0.3) is 32.6 Å². The maximum atomic E-state index is 10.1. The average molecular weight is 262 g/mol. The summed E-state index contributed by atoms with van der Waals surface area (Å²) in [6, 6.07) is 9.88. The van der Waals surface area contributed by atoms with Gasteiger partial charge < -0.3 is 9.67 Å². The summed E-state index contributed by atoms with van der Waals surface area (Å²) >= 11 is 0. The molecule has 0 saturated heterocycles. The molecule has 0 aliphatic rings. The van der Waals surface area contributed by atoms with Gasteiger partial charge in [0.1, 0.15) is 5.75 Å². The smallest absolute Gasteiger partial charge is 0.139 e. The molecule has 0 fully saturated rings. The van der Waals surface area contributed by atoms with Crippen LogP contribution in [-0.4, -0.2) is 14.7 Å². The first-order chi connectivity index (χ1) is 9.68. The van der Waals surface area contributed by atoms with Crippen LogP contribution < -0.4 is 0 Å². The van der Waals surface area contributed by atoms with Crippen LogP contribution >= 0.6 is 0 Å². The highest BCUT2D eigenvalue weighted by atomic mass is 16.3. The SMILES string of the molecule is Cc1c2ccncc2cc2c3cccc(O)c3n(C)c12. The number of benzene rings is 2. The van der Waals surface area contributed by atoms with Gasteiger partial charge in [0, 0.05) is 35.6 Å². The molecule has 20 heavy (non-hydrogen) atoms. The maximum Gasteiger partial charge on any atom is 0.139 e. The van der Waals surface area contributed by atoms with Crippen molar-refractivity contribution in [1.29, 1.82) is 0 Å². The lowest BCUT2D eigenvalue weighted by Gasteiger charge is -2.06. The third kappa shape index (κ3) is 1.27. The van der Waals surface area contributed by atoms with Gasteiger partial charge in [0.15, 0.2) is 0 Å². The maximum absolute atomic E-state index is 10.1. The molecule has 2 aromatic carbocycles. The van der Waals surface area contributed by atoms with Gasteiger partial charge >= 0.3 is 0 Å². The summed E-state index contributed by atoms with van der Waals surface area (Å²) in [5.74, 6) is 0.322. The van der Waals surface area contributed by atoms with Gasteiger partial charge in [-0.1, -0.05) is 12.1 Å². The van der Waals surface area contributed by atoms with E-state index in [1.807, 2.05) is 31.6 Å². The summed E-state index contributed by atoms with van der Waals surface area (Å²) in [7, 11) is 2.00. The highest BCUT2D eigenvalue weighted by molar-refractivity contribution is 6.15. The number of rotatable bonds is 0. The molecular weight excluding hydrogens is 248 g/mol. The Labute approximate surface area is 116 Å². The van der Waals surface area contributed by atoms with E-state index >= 15 is 0 Å². The summed E-state index contributed by atoms with van der Waals surface area (Å²) in [5, 5.41) is 14.7. The fourth-order valence-electron chi connectivity index (χ4n) is 3.27. The van der Waals surface area contributed by atoms with Crippen molar-refractivity contribution in [3.05, 3.63) is 48.3 Å². The van der Waals surface area contributed by atoms with Crippen LogP contribution in [0.15, 0.2) is 42.7 Å². The average Bonchev–Trinajstić information content (AvgIpc) is 2.74. The second-order valence-electron chi connectivity index (χ2n) is 5.23. The standard InChI is InChI=1S/C17H14N2O/c1-10-12-6-7-18-9-11(12)8-14-13-4-3-5-15(20)17(13)19(2)16(10)14/h3-9,20H,1-2H3. The minimum absolute atomic E-state index is 0.322. The largest absolute Gasteiger partial charge is 0.506 e. The number of aromatic hydroxyl groups is 1. The van der Waals surface area contributed by atoms with Gasteiger partial charge in [-0.15, -0.1) is 0 Å². The molecular formula is C17H14N2O. The van der Waals surface area contributed by atoms with Gasteiger partial charge in [-0.2, -0.15) is 0 Å². The monoisotopic (exact) mass is 262 g/mol. The van der Waals surface area contributed by atoms with Crippen LogP contribution in [0.1, 0.15) is 5.56 Å². The van der Waals surface area contributed by atoms with Gasteiger partial charge in [-0.25, -0.2) is 0 Å². The van der Waals surface area contributed by atoms with E-state index in [4.69, 9.17) is 0 Å². The highest BCUT2D eigenvalue weighted by Gasteiger charge is 2.14. The van der Waals surface area contributed by atoms with Crippen molar-refractivity contribution in [2.45, 2.75) is 6.92 Å². The third-order valence-corrected chi connectivity index (χ3v) is 4.14. The minimum Gasteiger partial charge on any atom is -0.506 e. The Hall–Kier alpha value is -2.55. The fourth-order valence-corrected chi connectivity index (χ4v) is 3.27. The Kier molecular flexibility index (Phi) is 2.11. The third-order valence-electron chi connectivity index (χ3n) is 4.14. The van der Waals surface area contributed by atoms with E-state index in [2.05, 4.69) is 28.6 Å². The minimum atomic E-state index is 0.322. The molecule has 0 bridgehead atoms. The Morgan fingerprint density at radius 1 is 1.05 bits per heavy atom. The topological polar surface area (TPSA) is 38.1 Å². The van der Waals surface area contributed by atoms with Crippen LogP contribution in [0, 0.1) is 6.92 Å². The molecule has 0 spiro atoms. The lowest BCUT2D eigenvalue weighted by molar-refractivity contribution is 0.479. The van der Waals surface area contributed by atoms with Crippen molar-refractivity contribution in [1.82, 2.24) is 9.55 Å². The van der Waals surface area contributed by atoms with Crippen molar-refractivity contribution >= 4 is 32.6 Å². The van der Waals surface area contributed by atoms with Crippen LogP contribution in [0.4, 0.5) is 0 Å². The summed E-state index contributed by atoms with van der Waals surface area (Å²) < 4.78 is 2.08. The second-order valence-corrected chi connectivity index (χ2v) is 5.23. The number of para-hydroxylation sites is 1. The summed E-state index contributed by atoms with van der Waals surface area (Å²) in [6.45, 7) is 2.13. The van der Waals surface area contributed by atoms with E-state index in [-0.39, 0.29) is 0 Å². The Morgan fingerprint density at radius 3 is 2.75 bits per heavy atom. The predicted molar refractivity (Wildman–Crippen MR) is 82.1 cm³/mol. The molecule has 98 valence electrons. The first kappa shape index (κ1) is 11.3. The summed E-state index contributed by atoms with van der Waals surface area (Å²) in [4.78, 5) is 4.21. The van der Waals surface area contributed by atoms with Crippen molar-refractivity contribution in [2.24, 2.45) is 7.05 Å². The normalized spacial score (nSPS) is 11.7. The molecule has 1 N–H and O–H groups in total. The molecule has 0 radical (unpaired) electrons. The lowest BCUT2D eigenvalue weighted by atomic mass is 10.0. The molecule has 3 nitrogen and oxygen atoms in total. The van der Waals surface area contributed by atoms with E-state index in [1.54, 1.807) is 6.07 Å². The Morgan fingerprint density at radius 2 is 1.90 bits per heavy atom. The molecule has 0 atom stereocenters. The van der Waals surface area contributed by atoms with Crippen molar-refractivity contribution in [2.75, 3.05) is 0 Å². The second kappa shape index (κ2) is 3.73. The number of hydrogen-bond acceptors (Lipinski definition) is 2. The molecule has 0 aliphatic carbocycles. The van der Waals surface area contributed by atoms with E-state index in [0.717, 1.165) is 21.7 Å². The lowest BCUT2D eigenvalue weighted by Crippen LogP contribution is -1.91. The fraction of sp³-hybridized carbons (Fsp3) is 0.118. The summed E-state index contributed by atoms with van der Waals surface area (Å²) in [5.41, 5.74) is 3.27. The van der Waals surface area contributed by atoms with Crippen LogP contribution in [0.5, 0.6) is 5.75 Å². The first-order valence-corrected chi connectivity index (χ1v) is 6.62. The van der Waals surface area contributed by atoms with E-state index in [0.29, 0.717) is 5.75 Å². The number of pyridine rings is 1. The highest BCUT2D eigenvalue weighted by Crippen LogP contribution is 2.37. The molecule has 2 heterocycles. The number of aryl methyl sites for hydroxylation is 2. The molecule has 0 aliphatic heterocycles. The Balaban J connectivity index is 2.38. The van der Waals surface area contributed by atoms with Crippen molar-refractivity contribution in [3.8, 4) is 5.75 Å². The number of fused-ring (bicyclic) bond motifs is 4. The van der Waals surface area contributed by atoms with E-state index < -0.39 is 0 Å². The summed E-state index contributed by atoms with van der Waals surface area (Å²) in [6.07, 6.45) is 3.71.